The number of carbonyl (C=O) groups is 2. The molecule has 0 saturated heterocycles. The van der Waals surface area contributed by atoms with Crippen LogP contribution in [0, 0.1) is 0 Å². The highest BCUT2D eigenvalue weighted by molar-refractivity contribution is 6.02. The summed E-state index contributed by atoms with van der Waals surface area (Å²) in [7, 11) is 0. The summed E-state index contributed by atoms with van der Waals surface area (Å²) in [6.07, 6.45) is -4.55. The van der Waals surface area contributed by atoms with Gasteiger partial charge in [0.1, 0.15) is 5.75 Å². The Hall–Kier alpha value is -2.31. The van der Waals surface area contributed by atoms with Crippen LogP contribution < -0.4 is 4.74 Å². The molecule has 1 aromatic rings. The maximum absolute atomic E-state index is 13.3. The van der Waals surface area contributed by atoms with Gasteiger partial charge in [-0.1, -0.05) is 18.2 Å². The number of hydrogen-bond donors (Lipinski definition) is 0. The van der Waals surface area contributed by atoms with Crippen molar-refractivity contribution in [3.05, 3.63) is 35.4 Å². The zero-order chi connectivity index (χ0) is 15.7. The number of carbonyl (C=O) groups excluding carboxylic acids is 2. The van der Waals surface area contributed by atoms with Gasteiger partial charge in [-0.3, -0.25) is 4.79 Å². The lowest BCUT2D eigenvalue weighted by atomic mass is 9.89. The second-order valence-electron chi connectivity index (χ2n) is 4.27. The second-order valence-corrected chi connectivity index (χ2v) is 4.27. The molecule has 1 unspecified atom stereocenters. The monoisotopic (exact) mass is 300 g/mol. The highest BCUT2D eigenvalue weighted by atomic mass is 19.4. The van der Waals surface area contributed by atoms with Crippen molar-refractivity contribution in [2.75, 3.05) is 6.61 Å². The SMILES string of the molecule is CCOC(=O)C1=Cc2ccccc2OC1(C=O)C(F)(F)F. The molecule has 0 spiro atoms. The lowest BCUT2D eigenvalue weighted by molar-refractivity contribution is -0.224. The number of esters is 1. The molecule has 2 rings (SSSR count). The van der Waals surface area contributed by atoms with Crippen molar-refractivity contribution in [2.24, 2.45) is 0 Å². The van der Waals surface area contributed by atoms with Gasteiger partial charge in [-0.25, -0.2) is 4.79 Å². The number of rotatable bonds is 3. The van der Waals surface area contributed by atoms with Crippen molar-refractivity contribution in [3.8, 4) is 5.75 Å². The summed E-state index contributed by atoms with van der Waals surface area (Å²) in [5.74, 6) is -1.37. The minimum Gasteiger partial charge on any atom is -0.464 e. The van der Waals surface area contributed by atoms with Crippen LogP contribution in [0.5, 0.6) is 5.75 Å². The molecule has 1 aliphatic rings. The molecule has 112 valence electrons. The Morgan fingerprint density at radius 3 is 2.62 bits per heavy atom. The summed E-state index contributed by atoms with van der Waals surface area (Å²) in [6, 6.07) is 5.80. The van der Waals surface area contributed by atoms with E-state index >= 15 is 0 Å². The number of fused-ring (bicyclic) bond motifs is 1. The lowest BCUT2D eigenvalue weighted by Gasteiger charge is -2.35. The molecule has 4 nitrogen and oxygen atoms in total. The Morgan fingerprint density at radius 2 is 2.05 bits per heavy atom. The van der Waals surface area contributed by atoms with Crippen LogP contribution in [0.2, 0.25) is 0 Å². The smallest absolute Gasteiger partial charge is 0.440 e. The third kappa shape index (κ3) is 2.39. The largest absolute Gasteiger partial charge is 0.464 e. The zero-order valence-electron chi connectivity index (χ0n) is 10.9. The Morgan fingerprint density at radius 1 is 1.38 bits per heavy atom. The molecule has 1 atom stereocenters. The van der Waals surface area contributed by atoms with E-state index < -0.39 is 29.6 Å². The summed E-state index contributed by atoms with van der Waals surface area (Å²) in [6.45, 7) is 1.33. The van der Waals surface area contributed by atoms with E-state index in [0.29, 0.717) is 0 Å². The molecular formula is C14H11F3O4. The Kier molecular flexibility index (Phi) is 3.76. The van der Waals surface area contributed by atoms with Crippen LogP contribution in [0.4, 0.5) is 13.2 Å². The van der Waals surface area contributed by atoms with Gasteiger partial charge in [0.05, 0.1) is 12.2 Å². The number of hydrogen-bond acceptors (Lipinski definition) is 4. The van der Waals surface area contributed by atoms with Crippen molar-refractivity contribution < 1.29 is 32.2 Å². The number of benzene rings is 1. The minimum absolute atomic E-state index is 0.120. The summed E-state index contributed by atoms with van der Waals surface area (Å²) in [5.41, 5.74) is -3.97. The molecule has 0 aromatic heterocycles. The lowest BCUT2D eigenvalue weighted by Crippen LogP contribution is -2.56. The van der Waals surface area contributed by atoms with E-state index in [2.05, 4.69) is 4.74 Å². The zero-order valence-corrected chi connectivity index (χ0v) is 10.9. The average Bonchev–Trinajstić information content (AvgIpc) is 2.44. The molecule has 0 radical (unpaired) electrons. The van der Waals surface area contributed by atoms with E-state index in [9.17, 15) is 22.8 Å². The van der Waals surface area contributed by atoms with Gasteiger partial charge in [0, 0.05) is 5.56 Å². The van der Waals surface area contributed by atoms with E-state index in [4.69, 9.17) is 4.74 Å². The normalized spacial score (nSPS) is 20.9. The van der Waals surface area contributed by atoms with Crippen LogP contribution in [-0.4, -0.2) is 30.6 Å². The van der Waals surface area contributed by atoms with Crippen molar-refractivity contribution >= 4 is 18.3 Å². The maximum atomic E-state index is 13.3. The van der Waals surface area contributed by atoms with E-state index in [0.717, 1.165) is 6.08 Å². The van der Waals surface area contributed by atoms with Crippen LogP contribution in [0.15, 0.2) is 29.8 Å². The fourth-order valence-corrected chi connectivity index (χ4v) is 1.97. The molecule has 1 aromatic carbocycles. The molecule has 0 N–H and O–H groups in total. The van der Waals surface area contributed by atoms with Crippen molar-refractivity contribution in [2.45, 2.75) is 18.7 Å². The second kappa shape index (κ2) is 5.23. The van der Waals surface area contributed by atoms with Gasteiger partial charge >= 0.3 is 12.1 Å². The van der Waals surface area contributed by atoms with E-state index in [1.54, 1.807) is 6.07 Å². The first-order valence-corrected chi connectivity index (χ1v) is 6.06. The van der Waals surface area contributed by atoms with Gasteiger partial charge in [0.25, 0.3) is 5.60 Å². The number of para-hydroxylation sites is 1. The van der Waals surface area contributed by atoms with Crippen LogP contribution in [0.3, 0.4) is 0 Å². The highest BCUT2D eigenvalue weighted by Gasteiger charge is 2.63. The van der Waals surface area contributed by atoms with Gasteiger partial charge in [-0.15, -0.1) is 0 Å². The average molecular weight is 300 g/mol. The first-order valence-electron chi connectivity index (χ1n) is 6.06. The maximum Gasteiger partial charge on any atom is 0.440 e. The molecule has 0 amide bonds. The quantitative estimate of drug-likeness (QED) is 0.636. The van der Waals surface area contributed by atoms with Crippen molar-refractivity contribution in [3.63, 3.8) is 0 Å². The van der Waals surface area contributed by atoms with Gasteiger partial charge in [0.15, 0.2) is 6.29 Å². The summed E-state index contributed by atoms with van der Waals surface area (Å²) < 4.78 is 49.5. The number of halogens is 3. The Bertz CT molecular complexity index is 606. The fraction of sp³-hybridized carbons (Fsp3) is 0.286. The molecule has 0 bridgehead atoms. The predicted molar refractivity (Wildman–Crippen MR) is 66.5 cm³/mol. The molecule has 0 aliphatic carbocycles. The summed E-state index contributed by atoms with van der Waals surface area (Å²) in [4.78, 5) is 23.0. The fourth-order valence-electron chi connectivity index (χ4n) is 1.97. The van der Waals surface area contributed by atoms with Gasteiger partial charge in [-0.05, 0) is 19.1 Å². The number of alkyl halides is 3. The van der Waals surface area contributed by atoms with Crippen molar-refractivity contribution in [1.82, 2.24) is 0 Å². The number of aldehydes is 1. The van der Waals surface area contributed by atoms with Crippen LogP contribution in [-0.2, 0) is 14.3 Å². The molecule has 21 heavy (non-hydrogen) atoms. The standard InChI is InChI=1S/C14H11F3O4/c1-2-20-12(19)10-7-9-5-3-4-6-11(9)21-13(10,8-18)14(15,16)17/h3-8H,2H2,1H3. The first-order chi connectivity index (χ1) is 9.85. The molecule has 7 heteroatoms. The molecule has 0 fully saturated rings. The van der Waals surface area contributed by atoms with Gasteiger partial charge in [-0.2, -0.15) is 13.2 Å². The molecular weight excluding hydrogens is 289 g/mol. The van der Waals surface area contributed by atoms with Crippen molar-refractivity contribution in [1.29, 1.82) is 0 Å². The van der Waals surface area contributed by atoms with E-state index in [-0.39, 0.29) is 17.9 Å². The van der Waals surface area contributed by atoms with Crippen LogP contribution in [0.25, 0.3) is 6.08 Å². The Balaban J connectivity index is 2.65. The Labute approximate surface area is 118 Å². The molecule has 0 saturated carbocycles. The first kappa shape index (κ1) is 15.1. The van der Waals surface area contributed by atoms with Gasteiger partial charge < -0.3 is 9.47 Å². The molecule has 1 aliphatic heterocycles. The predicted octanol–water partition coefficient (Wildman–Crippen LogP) is 2.53. The third-order valence-corrected chi connectivity index (χ3v) is 2.97. The van der Waals surface area contributed by atoms with E-state index in [1.165, 1.54) is 25.1 Å². The topological polar surface area (TPSA) is 52.6 Å². The minimum atomic E-state index is -5.10. The highest BCUT2D eigenvalue weighted by Crippen LogP contribution is 2.44. The van der Waals surface area contributed by atoms with Crippen LogP contribution >= 0.6 is 0 Å². The molecule has 1 heterocycles. The number of ether oxygens (including phenoxy) is 2. The third-order valence-electron chi connectivity index (χ3n) is 2.97. The summed E-state index contributed by atoms with van der Waals surface area (Å²) in [5, 5.41) is 0. The van der Waals surface area contributed by atoms with E-state index in [1.807, 2.05) is 0 Å². The van der Waals surface area contributed by atoms with Gasteiger partial charge in [0.2, 0.25) is 0 Å². The van der Waals surface area contributed by atoms with Crippen LogP contribution in [0.1, 0.15) is 12.5 Å². The summed E-state index contributed by atoms with van der Waals surface area (Å²) >= 11 is 0.